The molecule has 1 amide bonds. The average Bonchev–Trinajstić information content (AvgIpc) is 3.17. The van der Waals surface area contributed by atoms with Crippen LogP contribution in [0.2, 0.25) is 0 Å². The Morgan fingerprint density at radius 2 is 1.92 bits per heavy atom. The molecule has 0 bridgehead atoms. The van der Waals surface area contributed by atoms with Crippen molar-refractivity contribution in [1.29, 1.82) is 0 Å². The zero-order valence-corrected chi connectivity index (χ0v) is 16.0. The van der Waals surface area contributed by atoms with Crippen LogP contribution in [0.1, 0.15) is 62.3 Å². The summed E-state index contributed by atoms with van der Waals surface area (Å²) in [5.74, 6) is -0.0481. The predicted molar refractivity (Wildman–Crippen MR) is 99.4 cm³/mol. The maximum absolute atomic E-state index is 13.0. The number of carbonyl (C=O) groups is 1. The van der Waals surface area contributed by atoms with Crippen molar-refractivity contribution in [3.63, 3.8) is 0 Å². The minimum atomic E-state index is -0.170. The Morgan fingerprint density at radius 3 is 2.54 bits per heavy atom. The van der Waals surface area contributed by atoms with E-state index in [1.54, 1.807) is 0 Å². The number of piperidine rings is 1. The van der Waals surface area contributed by atoms with Gasteiger partial charge in [0.1, 0.15) is 11.3 Å². The monoisotopic (exact) mass is 357 g/mol. The average molecular weight is 357 g/mol. The first kappa shape index (κ1) is 17.3. The van der Waals surface area contributed by atoms with E-state index >= 15 is 0 Å². The van der Waals surface area contributed by atoms with Crippen LogP contribution in [0.25, 0.3) is 5.65 Å². The van der Waals surface area contributed by atoms with Gasteiger partial charge in [-0.15, -0.1) is 0 Å². The molecule has 4 heterocycles. The Balaban J connectivity index is 1.59. The zero-order chi connectivity index (χ0) is 18.6. The van der Waals surface area contributed by atoms with Crippen LogP contribution >= 0.6 is 0 Å². The van der Waals surface area contributed by atoms with Gasteiger partial charge in [0.2, 0.25) is 0 Å². The normalized spacial score (nSPS) is 19.5. The maximum atomic E-state index is 13.0. The summed E-state index contributed by atoms with van der Waals surface area (Å²) in [6.07, 6.45) is 2.65. The SMILES string of the molecule is CCc1cc2[nH]c3c(c(=O)n2n1)CN(C1CCN(C(C)(C)C)CC1)C3=O. The van der Waals surface area contributed by atoms with Crippen molar-refractivity contribution in [3.05, 3.63) is 33.4 Å². The van der Waals surface area contributed by atoms with Crippen molar-refractivity contribution >= 4 is 11.6 Å². The molecule has 1 saturated heterocycles. The van der Waals surface area contributed by atoms with Gasteiger partial charge in [-0.25, -0.2) is 0 Å². The number of nitrogens with one attached hydrogen (secondary N) is 1. The van der Waals surface area contributed by atoms with Crippen LogP contribution in [0.4, 0.5) is 0 Å². The molecular formula is C19H27N5O2. The molecular weight excluding hydrogens is 330 g/mol. The summed E-state index contributed by atoms with van der Waals surface area (Å²) in [6.45, 7) is 11.0. The zero-order valence-electron chi connectivity index (χ0n) is 16.0. The molecule has 2 aliphatic heterocycles. The minimum absolute atomic E-state index is 0.0481. The number of aryl methyl sites for hydroxylation is 1. The van der Waals surface area contributed by atoms with Crippen molar-refractivity contribution in [2.75, 3.05) is 13.1 Å². The van der Waals surface area contributed by atoms with E-state index in [1.165, 1.54) is 4.52 Å². The molecule has 140 valence electrons. The van der Waals surface area contributed by atoms with Gasteiger partial charge in [0.05, 0.1) is 17.8 Å². The number of aromatic amines is 1. The number of likely N-dealkylation sites (tertiary alicyclic amines) is 1. The van der Waals surface area contributed by atoms with Crippen molar-refractivity contribution in [2.24, 2.45) is 0 Å². The van der Waals surface area contributed by atoms with Crippen molar-refractivity contribution < 1.29 is 4.79 Å². The van der Waals surface area contributed by atoms with Crippen LogP contribution in [0, 0.1) is 0 Å². The fourth-order valence-electron chi connectivity index (χ4n) is 4.14. The Labute approximate surface area is 153 Å². The fourth-order valence-corrected chi connectivity index (χ4v) is 4.14. The van der Waals surface area contributed by atoms with Gasteiger partial charge in [-0.1, -0.05) is 6.92 Å². The molecule has 0 saturated carbocycles. The lowest BCUT2D eigenvalue weighted by atomic mass is 9.97. The number of aromatic nitrogens is 3. The molecule has 4 rings (SSSR count). The molecule has 7 nitrogen and oxygen atoms in total. The van der Waals surface area contributed by atoms with Crippen LogP contribution in [0.15, 0.2) is 10.9 Å². The first-order valence-electron chi connectivity index (χ1n) is 9.49. The topological polar surface area (TPSA) is 73.7 Å². The van der Waals surface area contributed by atoms with E-state index in [-0.39, 0.29) is 23.0 Å². The quantitative estimate of drug-likeness (QED) is 0.889. The lowest BCUT2D eigenvalue weighted by Crippen LogP contribution is -2.51. The molecule has 2 aliphatic rings. The van der Waals surface area contributed by atoms with Crippen LogP contribution in [0.5, 0.6) is 0 Å². The number of fused-ring (bicyclic) bond motifs is 2. The van der Waals surface area contributed by atoms with Crippen molar-refractivity contribution in [2.45, 2.75) is 65.1 Å². The molecule has 26 heavy (non-hydrogen) atoms. The summed E-state index contributed by atoms with van der Waals surface area (Å²) in [5.41, 5.74) is 2.43. The number of hydrogen-bond acceptors (Lipinski definition) is 4. The van der Waals surface area contributed by atoms with Crippen LogP contribution in [0.3, 0.4) is 0 Å². The van der Waals surface area contributed by atoms with E-state index in [9.17, 15) is 9.59 Å². The molecule has 2 aromatic rings. The van der Waals surface area contributed by atoms with E-state index in [1.807, 2.05) is 17.9 Å². The largest absolute Gasteiger partial charge is 0.335 e. The summed E-state index contributed by atoms with van der Waals surface area (Å²) in [6, 6.07) is 2.04. The van der Waals surface area contributed by atoms with Gasteiger partial charge in [0, 0.05) is 30.7 Å². The second-order valence-corrected chi connectivity index (χ2v) is 8.39. The Bertz CT molecular complexity index is 912. The second-order valence-electron chi connectivity index (χ2n) is 8.39. The van der Waals surface area contributed by atoms with E-state index in [4.69, 9.17) is 0 Å². The molecule has 0 aromatic carbocycles. The third-order valence-corrected chi connectivity index (χ3v) is 5.78. The molecule has 0 atom stereocenters. The standard InChI is InChI=1S/C19H27N5O2/c1-5-12-10-15-20-16-14(17(25)24(15)21-12)11-23(18(16)26)13-6-8-22(9-7-13)19(2,3)4/h10,13,20H,5-9,11H2,1-4H3. The van der Waals surface area contributed by atoms with E-state index in [2.05, 4.69) is 35.8 Å². The Kier molecular flexibility index (Phi) is 3.95. The van der Waals surface area contributed by atoms with Gasteiger partial charge in [-0.2, -0.15) is 9.61 Å². The number of carbonyl (C=O) groups excluding carboxylic acids is 1. The van der Waals surface area contributed by atoms with Gasteiger partial charge in [-0.3, -0.25) is 14.5 Å². The lowest BCUT2D eigenvalue weighted by Gasteiger charge is -2.43. The summed E-state index contributed by atoms with van der Waals surface area (Å²) in [7, 11) is 0. The molecule has 1 N–H and O–H groups in total. The van der Waals surface area contributed by atoms with E-state index in [0.717, 1.165) is 38.0 Å². The van der Waals surface area contributed by atoms with Gasteiger partial charge in [0.25, 0.3) is 11.5 Å². The highest BCUT2D eigenvalue weighted by Crippen LogP contribution is 2.28. The van der Waals surface area contributed by atoms with Crippen LogP contribution in [-0.2, 0) is 13.0 Å². The highest BCUT2D eigenvalue weighted by molar-refractivity contribution is 5.97. The summed E-state index contributed by atoms with van der Waals surface area (Å²) in [4.78, 5) is 33.3. The Morgan fingerprint density at radius 1 is 1.23 bits per heavy atom. The van der Waals surface area contributed by atoms with Gasteiger partial charge < -0.3 is 9.88 Å². The van der Waals surface area contributed by atoms with E-state index < -0.39 is 0 Å². The molecule has 0 aliphatic carbocycles. The number of rotatable bonds is 2. The summed E-state index contributed by atoms with van der Waals surface area (Å²) < 4.78 is 1.40. The number of amides is 1. The fraction of sp³-hybridized carbons (Fsp3) is 0.632. The molecule has 0 spiro atoms. The van der Waals surface area contributed by atoms with E-state index in [0.29, 0.717) is 23.4 Å². The van der Waals surface area contributed by atoms with Gasteiger partial charge in [-0.05, 0) is 40.0 Å². The molecule has 0 radical (unpaired) electrons. The molecule has 1 fully saturated rings. The predicted octanol–water partition coefficient (Wildman–Crippen LogP) is 1.80. The van der Waals surface area contributed by atoms with Crippen LogP contribution in [-0.4, -0.2) is 55.0 Å². The number of H-pyrrole nitrogens is 1. The summed E-state index contributed by atoms with van der Waals surface area (Å²) >= 11 is 0. The minimum Gasteiger partial charge on any atom is -0.335 e. The molecule has 0 unspecified atom stereocenters. The highest BCUT2D eigenvalue weighted by atomic mass is 16.2. The maximum Gasteiger partial charge on any atom is 0.280 e. The molecule has 7 heteroatoms. The van der Waals surface area contributed by atoms with Gasteiger partial charge >= 0.3 is 0 Å². The van der Waals surface area contributed by atoms with Crippen molar-refractivity contribution in [1.82, 2.24) is 24.4 Å². The van der Waals surface area contributed by atoms with Gasteiger partial charge in [0.15, 0.2) is 0 Å². The number of nitrogens with zero attached hydrogens (tertiary/aromatic N) is 4. The molecule has 2 aromatic heterocycles. The first-order valence-corrected chi connectivity index (χ1v) is 9.49. The second kappa shape index (κ2) is 5.94. The first-order chi connectivity index (χ1) is 12.3. The smallest absolute Gasteiger partial charge is 0.280 e. The summed E-state index contributed by atoms with van der Waals surface area (Å²) in [5, 5.41) is 4.34. The highest BCUT2D eigenvalue weighted by Gasteiger charge is 2.38. The lowest BCUT2D eigenvalue weighted by molar-refractivity contribution is 0.0444. The van der Waals surface area contributed by atoms with Crippen LogP contribution < -0.4 is 5.56 Å². The Hall–Kier alpha value is -2.15. The van der Waals surface area contributed by atoms with Crippen molar-refractivity contribution in [3.8, 4) is 0 Å². The third-order valence-electron chi connectivity index (χ3n) is 5.78. The third kappa shape index (κ3) is 2.65. The number of hydrogen-bond donors (Lipinski definition) is 1.